The molecule has 0 atom stereocenters. The number of rotatable bonds is 4. The number of benzene rings is 2. The summed E-state index contributed by atoms with van der Waals surface area (Å²) in [4.78, 5) is 13.6. The van der Waals surface area contributed by atoms with Crippen LogP contribution in [0.25, 0.3) is 21.5 Å². The second kappa shape index (κ2) is 6.66. The lowest BCUT2D eigenvalue weighted by Gasteiger charge is -2.06. The summed E-state index contributed by atoms with van der Waals surface area (Å²) in [6.07, 6.45) is 1.75. The van der Waals surface area contributed by atoms with Crippen LogP contribution in [-0.4, -0.2) is 20.5 Å². The number of halogens is 1. The highest BCUT2D eigenvalue weighted by molar-refractivity contribution is 7.09. The highest BCUT2D eigenvalue weighted by atomic mass is 35.5. The van der Waals surface area contributed by atoms with Crippen molar-refractivity contribution < 1.29 is 4.79 Å². The van der Waals surface area contributed by atoms with Gasteiger partial charge in [-0.3, -0.25) is 9.89 Å². The van der Waals surface area contributed by atoms with Crippen molar-refractivity contribution in [1.29, 1.82) is 0 Å². The average molecular weight is 369 g/mol. The third-order valence-corrected chi connectivity index (χ3v) is 4.90. The second-order valence-electron chi connectivity index (χ2n) is 5.49. The Hall–Kier alpha value is -2.70. The highest BCUT2D eigenvalue weighted by Crippen LogP contribution is 2.29. The lowest BCUT2D eigenvalue weighted by molar-refractivity contribution is 0.0952. The van der Waals surface area contributed by atoms with E-state index in [4.69, 9.17) is 11.6 Å². The summed E-state index contributed by atoms with van der Waals surface area (Å²) in [5, 5.41) is 11.9. The molecule has 4 rings (SSSR count). The van der Waals surface area contributed by atoms with Gasteiger partial charge in [-0.1, -0.05) is 35.9 Å². The maximum atomic E-state index is 12.6. The molecule has 0 aliphatic heterocycles. The van der Waals surface area contributed by atoms with Gasteiger partial charge in [-0.05, 0) is 41.4 Å². The zero-order valence-electron chi connectivity index (χ0n) is 13.0. The Morgan fingerprint density at radius 1 is 1.16 bits per heavy atom. The molecule has 5 nitrogen and oxygen atoms in total. The molecule has 2 heterocycles. The minimum absolute atomic E-state index is 0.164. The summed E-state index contributed by atoms with van der Waals surface area (Å²) in [5.41, 5.74) is 3.06. The number of nitrogens with one attached hydrogen (secondary N) is 2. The van der Waals surface area contributed by atoms with Crippen molar-refractivity contribution in [3.63, 3.8) is 0 Å². The first-order valence-electron chi connectivity index (χ1n) is 7.63. The van der Waals surface area contributed by atoms with Gasteiger partial charge in [-0.2, -0.15) is 5.10 Å². The van der Waals surface area contributed by atoms with Crippen LogP contribution in [0, 0.1) is 0 Å². The van der Waals surface area contributed by atoms with Gasteiger partial charge in [-0.15, -0.1) is 0 Å². The van der Waals surface area contributed by atoms with Gasteiger partial charge in [0.1, 0.15) is 5.52 Å². The van der Waals surface area contributed by atoms with Crippen LogP contribution in [0.4, 0.5) is 0 Å². The van der Waals surface area contributed by atoms with Gasteiger partial charge in [0.15, 0.2) is 0 Å². The Kier molecular flexibility index (Phi) is 4.21. The number of carbonyl (C=O) groups excluding carboxylic acids is 1. The average Bonchev–Trinajstić information content (AvgIpc) is 3.29. The molecular weight excluding hydrogens is 356 g/mol. The normalized spacial score (nSPS) is 10.9. The largest absolute Gasteiger partial charge is 0.348 e. The van der Waals surface area contributed by atoms with E-state index in [1.54, 1.807) is 24.4 Å². The predicted octanol–water partition coefficient (Wildman–Crippen LogP) is 4.27. The van der Waals surface area contributed by atoms with Crippen LogP contribution < -0.4 is 5.32 Å². The Labute approximate surface area is 152 Å². The van der Waals surface area contributed by atoms with E-state index in [2.05, 4.69) is 19.9 Å². The molecule has 4 aromatic rings. The molecule has 2 N–H and O–H groups in total. The fourth-order valence-corrected chi connectivity index (χ4v) is 3.36. The number of hydrogen-bond acceptors (Lipinski definition) is 4. The molecule has 0 saturated heterocycles. The first-order valence-corrected chi connectivity index (χ1v) is 8.78. The van der Waals surface area contributed by atoms with Gasteiger partial charge in [0, 0.05) is 23.2 Å². The molecule has 124 valence electrons. The van der Waals surface area contributed by atoms with Crippen molar-refractivity contribution in [3.8, 4) is 10.6 Å². The molecule has 0 unspecified atom stereocenters. The lowest BCUT2D eigenvalue weighted by atomic mass is 10.1. The molecule has 2 aromatic heterocycles. The molecule has 0 aliphatic rings. The van der Waals surface area contributed by atoms with Crippen LogP contribution in [0.2, 0.25) is 5.02 Å². The predicted molar refractivity (Wildman–Crippen MR) is 99.8 cm³/mol. The molecule has 0 fully saturated rings. The fourth-order valence-electron chi connectivity index (χ4n) is 2.63. The number of aromatic nitrogens is 3. The molecule has 0 aliphatic carbocycles. The Morgan fingerprint density at radius 2 is 2.00 bits per heavy atom. The number of H-pyrrole nitrogens is 1. The van der Waals surface area contributed by atoms with E-state index in [1.165, 1.54) is 11.5 Å². The molecule has 0 radical (unpaired) electrons. The topological polar surface area (TPSA) is 70.7 Å². The molecule has 25 heavy (non-hydrogen) atoms. The van der Waals surface area contributed by atoms with E-state index in [0.717, 1.165) is 21.5 Å². The maximum Gasteiger partial charge on any atom is 0.253 e. The van der Waals surface area contributed by atoms with Gasteiger partial charge in [0.2, 0.25) is 0 Å². The fraction of sp³-hybridized carbons (Fsp3) is 0.0556. The van der Waals surface area contributed by atoms with Gasteiger partial charge in [0.25, 0.3) is 5.91 Å². The van der Waals surface area contributed by atoms with Gasteiger partial charge in [-0.25, -0.2) is 4.37 Å². The molecule has 0 saturated carbocycles. The Morgan fingerprint density at radius 3 is 2.76 bits per heavy atom. The minimum atomic E-state index is -0.164. The van der Waals surface area contributed by atoms with E-state index in [-0.39, 0.29) is 5.91 Å². The Balaban J connectivity index is 1.60. The third kappa shape index (κ3) is 3.14. The zero-order valence-corrected chi connectivity index (χ0v) is 14.6. The number of amides is 1. The molecule has 1 amide bonds. The smallest absolute Gasteiger partial charge is 0.253 e. The summed E-state index contributed by atoms with van der Waals surface area (Å²) in [6.45, 7) is 0.429. The van der Waals surface area contributed by atoms with E-state index < -0.39 is 0 Å². The number of aromatic amines is 1. The number of hydrogen-bond donors (Lipinski definition) is 2. The molecule has 2 aromatic carbocycles. The van der Waals surface area contributed by atoms with Crippen LogP contribution >= 0.6 is 23.1 Å². The maximum absolute atomic E-state index is 12.6. The molecule has 0 bridgehead atoms. The van der Waals surface area contributed by atoms with Crippen molar-refractivity contribution in [2.45, 2.75) is 6.54 Å². The summed E-state index contributed by atoms with van der Waals surface area (Å²) in [6, 6.07) is 14.9. The van der Waals surface area contributed by atoms with Crippen LogP contribution in [0.15, 0.2) is 54.7 Å². The Bertz CT molecular complexity index is 1030. The van der Waals surface area contributed by atoms with Crippen molar-refractivity contribution in [2.75, 3.05) is 0 Å². The minimum Gasteiger partial charge on any atom is -0.348 e. The lowest BCUT2D eigenvalue weighted by Crippen LogP contribution is -2.23. The van der Waals surface area contributed by atoms with E-state index in [0.29, 0.717) is 22.6 Å². The van der Waals surface area contributed by atoms with Crippen LogP contribution in [0.1, 0.15) is 15.9 Å². The van der Waals surface area contributed by atoms with Crippen molar-refractivity contribution >= 4 is 39.9 Å². The number of fused-ring (bicyclic) bond motifs is 1. The third-order valence-electron chi connectivity index (χ3n) is 3.88. The number of para-hydroxylation sites is 1. The van der Waals surface area contributed by atoms with Crippen molar-refractivity contribution in [3.05, 3.63) is 70.9 Å². The molecule has 7 heteroatoms. The first-order chi connectivity index (χ1) is 12.2. The number of nitrogens with zero attached hydrogens (tertiary/aromatic N) is 2. The summed E-state index contributed by atoms with van der Waals surface area (Å²) in [5.74, 6) is -0.164. The van der Waals surface area contributed by atoms with Crippen molar-refractivity contribution in [2.24, 2.45) is 0 Å². The number of carbonyl (C=O) groups is 1. The molecule has 0 spiro atoms. The van der Waals surface area contributed by atoms with E-state index >= 15 is 0 Å². The van der Waals surface area contributed by atoms with E-state index in [1.807, 2.05) is 30.3 Å². The van der Waals surface area contributed by atoms with Gasteiger partial charge in [0.05, 0.1) is 16.1 Å². The van der Waals surface area contributed by atoms with Gasteiger partial charge >= 0.3 is 0 Å². The van der Waals surface area contributed by atoms with E-state index in [9.17, 15) is 4.79 Å². The van der Waals surface area contributed by atoms with Gasteiger partial charge < -0.3 is 5.32 Å². The van der Waals surface area contributed by atoms with Crippen molar-refractivity contribution in [1.82, 2.24) is 19.9 Å². The van der Waals surface area contributed by atoms with Crippen LogP contribution in [-0.2, 0) is 6.54 Å². The molecular formula is C18H13ClN4OS. The summed E-state index contributed by atoms with van der Waals surface area (Å²) >= 11 is 7.26. The van der Waals surface area contributed by atoms with Crippen LogP contribution in [0.3, 0.4) is 0 Å². The SMILES string of the molecule is O=C(NCc1ccc(Cl)cc1)c1cccc2c(-c3ccns3)[nH]nc12. The zero-order chi connectivity index (χ0) is 17.2. The summed E-state index contributed by atoms with van der Waals surface area (Å²) in [7, 11) is 0. The first kappa shape index (κ1) is 15.8. The second-order valence-corrected chi connectivity index (χ2v) is 6.76. The standard InChI is InChI=1S/C18H13ClN4OS/c19-12-6-4-11(5-7-12)10-20-18(24)14-3-1-2-13-16(14)22-23-17(13)15-8-9-21-25-15/h1-9H,10H2,(H,20,24)(H,22,23). The highest BCUT2D eigenvalue weighted by Gasteiger charge is 2.16. The summed E-state index contributed by atoms with van der Waals surface area (Å²) < 4.78 is 4.12. The monoisotopic (exact) mass is 368 g/mol. The quantitative estimate of drug-likeness (QED) is 0.565. The van der Waals surface area contributed by atoms with Crippen LogP contribution in [0.5, 0.6) is 0 Å².